The van der Waals surface area contributed by atoms with E-state index in [1.165, 1.54) is 0 Å². The molecule has 5 nitrogen and oxygen atoms in total. The average molecular weight is 318 g/mol. The Bertz CT molecular complexity index is 780. The second-order valence-electron chi connectivity index (χ2n) is 5.23. The lowest BCUT2D eigenvalue weighted by molar-refractivity contribution is 0.0933. The van der Waals surface area contributed by atoms with Gasteiger partial charge in [-0.05, 0) is 37.6 Å². The fourth-order valence-electron chi connectivity index (χ4n) is 2.26. The number of hydrogen-bond acceptors (Lipinski definition) is 3. The summed E-state index contributed by atoms with van der Waals surface area (Å²) >= 11 is 5.92. The summed E-state index contributed by atoms with van der Waals surface area (Å²) in [5, 5.41) is 3.55. The fraction of sp³-hybridized carbons (Fsp3) is 0.250. The van der Waals surface area contributed by atoms with Crippen molar-refractivity contribution in [2.45, 2.75) is 25.8 Å². The van der Waals surface area contributed by atoms with Crippen LogP contribution in [0, 0.1) is 0 Å². The molecule has 22 heavy (non-hydrogen) atoms. The Balaban J connectivity index is 1.62. The highest BCUT2D eigenvalue weighted by Gasteiger charge is 2.14. The van der Waals surface area contributed by atoms with Crippen molar-refractivity contribution in [2.24, 2.45) is 0 Å². The van der Waals surface area contributed by atoms with Gasteiger partial charge >= 0.3 is 0 Å². The number of pyridine rings is 1. The molecule has 0 aliphatic heterocycles. The molecule has 3 aromatic heterocycles. The number of aromatic nitrogens is 2. The van der Waals surface area contributed by atoms with Crippen LogP contribution in [0.4, 0.5) is 0 Å². The van der Waals surface area contributed by atoms with Gasteiger partial charge in [0.25, 0.3) is 5.91 Å². The molecule has 3 rings (SSSR count). The summed E-state index contributed by atoms with van der Waals surface area (Å²) < 4.78 is 7.02. The van der Waals surface area contributed by atoms with Crippen molar-refractivity contribution in [3.63, 3.8) is 0 Å². The van der Waals surface area contributed by atoms with Crippen LogP contribution in [-0.2, 0) is 6.42 Å². The molecule has 0 bridgehead atoms. The molecule has 0 aliphatic carbocycles. The third-order valence-electron chi connectivity index (χ3n) is 3.43. The Hall–Kier alpha value is -2.27. The molecule has 0 saturated carbocycles. The van der Waals surface area contributed by atoms with Gasteiger partial charge in [0.1, 0.15) is 17.1 Å². The van der Waals surface area contributed by atoms with Crippen molar-refractivity contribution in [2.75, 3.05) is 0 Å². The standard InChI is InChI=1S/C16H16ClN3O2/c1-11(4-6-13-3-2-8-22-13)18-16(21)14-10-20-9-12(17)5-7-15(20)19-14/h2-3,5,7-11H,4,6H2,1H3,(H,18,21). The number of aryl methyl sites for hydroxylation is 1. The number of rotatable bonds is 5. The van der Waals surface area contributed by atoms with E-state index in [9.17, 15) is 4.79 Å². The quantitative estimate of drug-likeness (QED) is 0.785. The first-order chi connectivity index (χ1) is 10.6. The third-order valence-corrected chi connectivity index (χ3v) is 3.65. The summed E-state index contributed by atoms with van der Waals surface area (Å²) in [5.74, 6) is 0.732. The number of hydrogen-bond donors (Lipinski definition) is 1. The number of furan rings is 1. The highest BCUT2D eigenvalue weighted by atomic mass is 35.5. The number of nitrogens with zero attached hydrogens (tertiary/aromatic N) is 2. The van der Waals surface area contributed by atoms with Crippen LogP contribution in [0.15, 0.2) is 47.3 Å². The Morgan fingerprint density at radius 1 is 1.41 bits per heavy atom. The maximum atomic E-state index is 12.2. The number of halogens is 1. The summed E-state index contributed by atoms with van der Waals surface area (Å²) in [6.45, 7) is 1.97. The lowest BCUT2D eigenvalue weighted by atomic mass is 10.1. The van der Waals surface area contributed by atoms with Gasteiger partial charge < -0.3 is 14.1 Å². The van der Waals surface area contributed by atoms with E-state index >= 15 is 0 Å². The van der Waals surface area contributed by atoms with Crippen molar-refractivity contribution in [3.8, 4) is 0 Å². The highest BCUT2D eigenvalue weighted by molar-refractivity contribution is 6.30. The Morgan fingerprint density at radius 3 is 3.05 bits per heavy atom. The van der Waals surface area contributed by atoms with Gasteiger partial charge in [-0.2, -0.15) is 0 Å². The first-order valence-corrected chi connectivity index (χ1v) is 7.47. The van der Waals surface area contributed by atoms with Gasteiger partial charge in [0, 0.05) is 24.9 Å². The number of carbonyl (C=O) groups is 1. The lowest BCUT2D eigenvalue weighted by Gasteiger charge is -2.11. The van der Waals surface area contributed by atoms with Gasteiger partial charge in [-0.15, -0.1) is 0 Å². The molecule has 0 fully saturated rings. The van der Waals surface area contributed by atoms with E-state index in [1.807, 2.05) is 19.1 Å². The molecule has 0 radical (unpaired) electrons. The molecular weight excluding hydrogens is 302 g/mol. The maximum Gasteiger partial charge on any atom is 0.271 e. The summed E-state index contributed by atoms with van der Waals surface area (Å²) in [6.07, 6.45) is 6.64. The van der Waals surface area contributed by atoms with Crippen molar-refractivity contribution in [1.82, 2.24) is 14.7 Å². The summed E-state index contributed by atoms with van der Waals surface area (Å²) in [4.78, 5) is 16.5. The molecule has 1 amide bonds. The van der Waals surface area contributed by atoms with Crippen molar-refractivity contribution >= 4 is 23.2 Å². The predicted molar refractivity (Wildman–Crippen MR) is 84.2 cm³/mol. The molecule has 0 aromatic carbocycles. The van der Waals surface area contributed by atoms with Crippen LogP contribution in [-0.4, -0.2) is 21.3 Å². The Labute approximate surface area is 132 Å². The zero-order valence-corrected chi connectivity index (χ0v) is 12.9. The van der Waals surface area contributed by atoms with Gasteiger partial charge in [0.2, 0.25) is 0 Å². The summed E-state index contributed by atoms with van der Waals surface area (Å²) in [7, 11) is 0. The summed E-state index contributed by atoms with van der Waals surface area (Å²) in [6, 6.07) is 7.35. The van der Waals surface area contributed by atoms with Crippen LogP contribution in [0.1, 0.15) is 29.6 Å². The Kier molecular flexibility index (Phi) is 4.15. The fourth-order valence-corrected chi connectivity index (χ4v) is 2.43. The molecule has 3 aromatic rings. The lowest BCUT2D eigenvalue weighted by Crippen LogP contribution is -2.33. The summed E-state index contributed by atoms with van der Waals surface area (Å²) in [5.41, 5.74) is 1.07. The van der Waals surface area contributed by atoms with E-state index in [1.54, 1.807) is 35.2 Å². The number of imidazole rings is 1. The van der Waals surface area contributed by atoms with E-state index < -0.39 is 0 Å². The molecule has 0 saturated heterocycles. The molecule has 1 unspecified atom stereocenters. The Morgan fingerprint density at radius 2 is 2.27 bits per heavy atom. The zero-order valence-electron chi connectivity index (χ0n) is 12.1. The van der Waals surface area contributed by atoms with Crippen molar-refractivity contribution < 1.29 is 9.21 Å². The first-order valence-electron chi connectivity index (χ1n) is 7.09. The maximum absolute atomic E-state index is 12.2. The van der Waals surface area contributed by atoms with Crippen LogP contribution in [0.5, 0.6) is 0 Å². The van der Waals surface area contributed by atoms with Gasteiger partial charge in [-0.25, -0.2) is 4.98 Å². The van der Waals surface area contributed by atoms with Crippen LogP contribution < -0.4 is 5.32 Å². The first kappa shape index (κ1) is 14.7. The minimum Gasteiger partial charge on any atom is -0.469 e. The minimum atomic E-state index is -0.188. The van der Waals surface area contributed by atoms with Gasteiger partial charge in [0.05, 0.1) is 11.3 Å². The smallest absolute Gasteiger partial charge is 0.271 e. The molecule has 114 valence electrons. The van der Waals surface area contributed by atoms with Gasteiger partial charge in [-0.1, -0.05) is 11.6 Å². The van der Waals surface area contributed by atoms with E-state index in [4.69, 9.17) is 16.0 Å². The monoisotopic (exact) mass is 317 g/mol. The SMILES string of the molecule is CC(CCc1ccco1)NC(=O)c1cn2cc(Cl)ccc2n1. The number of carbonyl (C=O) groups excluding carboxylic acids is 1. The van der Waals surface area contributed by atoms with Gasteiger partial charge in [0.15, 0.2) is 0 Å². The van der Waals surface area contributed by atoms with E-state index in [-0.39, 0.29) is 11.9 Å². The molecule has 6 heteroatoms. The number of fused-ring (bicyclic) bond motifs is 1. The highest BCUT2D eigenvalue weighted by Crippen LogP contribution is 2.12. The second kappa shape index (κ2) is 6.23. The molecule has 1 N–H and O–H groups in total. The predicted octanol–water partition coefficient (Wildman–Crippen LogP) is 3.33. The second-order valence-corrected chi connectivity index (χ2v) is 5.67. The number of nitrogens with one attached hydrogen (secondary N) is 1. The number of amides is 1. The molecule has 1 atom stereocenters. The normalized spacial score (nSPS) is 12.5. The van der Waals surface area contributed by atoms with Crippen LogP contribution in [0.2, 0.25) is 5.02 Å². The molecule has 3 heterocycles. The topological polar surface area (TPSA) is 59.5 Å². The average Bonchev–Trinajstić information content (AvgIpc) is 3.13. The van der Waals surface area contributed by atoms with Crippen LogP contribution >= 0.6 is 11.6 Å². The molecule has 0 aliphatic rings. The zero-order chi connectivity index (χ0) is 15.5. The largest absolute Gasteiger partial charge is 0.469 e. The van der Waals surface area contributed by atoms with Gasteiger partial charge in [-0.3, -0.25) is 4.79 Å². The van der Waals surface area contributed by atoms with E-state index in [0.717, 1.165) is 18.6 Å². The molecular formula is C16H16ClN3O2. The van der Waals surface area contributed by atoms with E-state index in [2.05, 4.69) is 10.3 Å². The van der Waals surface area contributed by atoms with Crippen LogP contribution in [0.25, 0.3) is 5.65 Å². The van der Waals surface area contributed by atoms with Crippen LogP contribution in [0.3, 0.4) is 0 Å². The van der Waals surface area contributed by atoms with E-state index in [0.29, 0.717) is 16.4 Å². The minimum absolute atomic E-state index is 0.0333. The van der Waals surface area contributed by atoms with Crippen molar-refractivity contribution in [3.05, 3.63) is 59.4 Å². The molecule has 0 spiro atoms. The third kappa shape index (κ3) is 3.31. The van der Waals surface area contributed by atoms with Crippen molar-refractivity contribution in [1.29, 1.82) is 0 Å².